The Bertz CT molecular complexity index is 772. The maximum atomic E-state index is 13.2. The average molecular weight is 360 g/mol. The Balaban J connectivity index is 2.05. The monoisotopic (exact) mass is 360 g/mol. The predicted molar refractivity (Wildman–Crippen MR) is 79.6 cm³/mol. The fourth-order valence-corrected chi connectivity index (χ4v) is 2.30. The first-order valence-electron chi connectivity index (χ1n) is 7.29. The summed E-state index contributed by atoms with van der Waals surface area (Å²) >= 11 is 0. The standard InChI is InChI=1S/C12H15F3N8O2/c13-12(14,15)7-5-18-23-9(7)19-11(22-1-3-25-4-2-22)20-10(23)17-6-8(24)21-16/h5H,1-4,6,16H2,(H,21,24)(H,17,19,20). The molecule has 1 saturated heterocycles. The fourth-order valence-electron chi connectivity index (χ4n) is 2.30. The molecule has 136 valence electrons. The van der Waals surface area contributed by atoms with E-state index in [2.05, 4.69) is 20.4 Å². The summed E-state index contributed by atoms with van der Waals surface area (Å²) in [5, 5.41) is 6.29. The number of hydrazine groups is 1. The van der Waals surface area contributed by atoms with Crippen molar-refractivity contribution in [3.63, 3.8) is 0 Å². The summed E-state index contributed by atoms with van der Waals surface area (Å²) in [5.74, 6) is 4.47. The van der Waals surface area contributed by atoms with Gasteiger partial charge in [-0.15, -0.1) is 0 Å². The largest absolute Gasteiger partial charge is 0.421 e. The van der Waals surface area contributed by atoms with Gasteiger partial charge in [-0.25, -0.2) is 5.84 Å². The summed E-state index contributed by atoms with van der Waals surface area (Å²) in [6.07, 6.45) is -3.95. The Labute approximate surface area is 139 Å². The number of nitrogens with two attached hydrogens (primary N) is 1. The van der Waals surface area contributed by atoms with Crippen molar-refractivity contribution in [3.8, 4) is 0 Å². The van der Waals surface area contributed by atoms with E-state index in [1.807, 2.05) is 5.43 Å². The van der Waals surface area contributed by atoms with Gasteiger partial charge < -0.3 is 15.0 Å². The van der Waals surface area contributed by atoms with Gasteiger partial charge in [0.15, 0.2) is 5.65 Å². The van der Waals surface area contributed by atoms with Gasteiger partial charge in [0.05, 0.1) is 26.0 Å². The molecule has 0 radical (unpaired) electrons. The Morgan fingerprint density at radius 2 is 2.04 bits per heavy atom. The molecule has 1 aliphatic rings. The van der Waals surface area contributed by atoms with Crippen molar-refractivity contribution in [1.82, 2.24) is 25.0 Å². The van der Waals surface area contributed by atoms with E-state index in [1.165, 1.54) is 0 Å². The first-order chi connectivity index (χ1) is 11.9. The molecule has 3 heterocycles. The number of hydrogen-bond donors (Lipinski definition) is 3. The molecule has 1 fully saturated rings. The smallest absolute Gasteiger partial charge is 0.378 e. The van der Waals surface area contributed by atoms with Crippen LogP contribution in [-0.4, -0.2) is 58.3 Å². The van der Waals surface area contributed by atoms with Crippen LogP contribution in [0, 0.1) is 0 Å². The minimum Gasteiger partial charge on any atom is -0.378 e. The normalized spacial score (nSPS) is 15.4. The van der Waals surface area contributed by atoms with Crippen LogP contribution in [0.4, 0.5) is 25.1 Å². The molecule has 0 aromatic carbocycles. The number of hydrogen-bond acceptors (Lipinski definition) is 8. The molecule has 25 heavy (non-hydrogen) atoms. The van der Waals surface area contributed by atoms with E-state index in [0.29, 0.717) is 32.5 Å². The minimum absolute atomic E-state index is 0.0504. The molecule has 3 rings (SSSR count). The second kappa shape index (κ2) is 6.68. The van der Waals surface area contributed by atoms with Crippen molar-refractivity contribution < 1.29 is 22.7 Å². The number of nitrogens with zero attached hydrogens (tertiary/aromatic N) is 5. The van der Waals surface area contributed by atoms with Crippen LogP contribution in [-0.2, 0) is 15.7 Å². The summed E-state index contributed by atoms with van der Waals surface area (Å²) < 4.78 is 45.6. The molecule has 1 amide bonds. The summed E-state index contributed by atoms with van der Waals surface area (Å²) in [5.41, 5.74) is 0.516. The van der Waals surface area contributed by atoms with Crippen LogP contribution < -0.4 is 21.5 Å². The highest BCUT2D eigenvalue weighted by molar-refractivity contribution is 5.79. The van der Waals surface area contributed by atoms with Crippen LogP contribution >= 0.6 is 0 Å². The molecule has 0 aliphatic carbocycles. The van der Waals surface area contributed by atoms with Crippen molar-refractivity contribution in [2.75, 3.05) is 43.1 Å². The van der Waals surface area contributed by atoms with Gasteiger partial charge in [-0.1, -0.05) is 0 Å². The number of halogens is 3. The van der Waals surface area contributed by atoms with E-state index in [9.17, 15) is 18.0 Å². The van der Waals surface area contributed by atoms with Gasteiger partial charge in [-0.05, 0) is 0 Å². The highest BCUT2D eigenvalue weighted by Crippen LogP contribution is 2.32. The van der Waals surface area contributed by atoms with E-state index in [0.717, 1.165) is 4.52 Å². The molecule has 13 heteroatoms. The number of alkyl halides is 3. The van der Waals surface area contributed by atoms with Crippen molar-refractivity contribution >= 4 is 23.5 Å². The molecule has 10 nitrogen and oxygen atoms in total. The zero-order valence-corrected chi connectivity index (χ0v) is 12.9. The number of nitrogens with one attached hydrogen (secondary N) is 2. The fraction of sp³-hybridized carbons (Fsp3) is 0.500. The van der Waals surface area contributed by atoms with E-state index in [4.69, 9.17) is 10.6 Å². The quantitative estimate of drug-likeness (QED) is 0.375. The van der Waals surface area contributed by atoms with Gasteiger partial charge in [0.25, 0.3) is 5.91 Å². The summed E-state index contributed by atoms with van der Waals surface area (Å²) in [4.78, 5) is 21.2. The van der Waals surface area contributed by atoms with Gasteiger partial charge in [0, 0.05) is 13.1 Å². The molecule has 2 aromatic heterocycles. The number of amides is 1. The van der Waals surface area contributed by atoms with Gasteiger partial charge in [-0.3, -0.25) is 10.2 Å². The number of aromatic nitrogens is 4. The highest BCUT2D eigenvalue weighted by atomic mass is 19.4. The second-order valence-corrected chi connectivity index (χ2v) is 5.16. The average Bonchev–Trinajstić information content (AvgIpc) is 3.04. The van der Waals surface area contributed by atoms with Crippen LogP contribution in [0.15, 0.2) is 6.20 Å². The topological polar surface area (TPSA) is 123 Å². The molecule has 1 aliphatic heterocycles. The summed E-state index contributed by atoms with van der Waals surface area (Å²) in [6.45, 7) is 1.42. The highest BCUT2D eigenvalue weighted by Gasteiger charge is 2.36. The molecule has 0 atom stereocenters. The predicted octanol–water partition coefficient (Wildman–Crippen LogP) is -0.619. The molecule has 4 N–H and O–H groups in total. The van der Waals surface area contributed by atoms with Crippen LogP contribution in [0.25, 0.3) is 5.65 Å². The van der Waals surface area contributed by atoms with Crippen LogP contribution in [0.1, 0.15) is 5.56 Å². The summed E-state index contributed by atoms with van der Waals surface area (Å²) in [6, 6.07) is 0. The maximum absolute atomic E-state index is 13.2. The molecule has 0 spiro atoms. The van der Waals surface area contributed by atoms with Gasteiger partial charge in [0.2, 0.25) is 11.9 Å². The first-order valence-corrected chi connectivity index (χ1v) is 7.29. The molecule has 0 saturated carbocycles. The van der Waals surface area contributed by atoms with E-state index < -0.39 is 23.3 Å². The van der Waals surface area contributed by atoms with Gasteiger partial charge in [-0.2, -0.15) is 32.8 Å². The van der Waals surface area contributed by atoms with E-state index >= 15 is 0 Å². The van der Waals surface area contributed by atoms with Gasteiger partial charge in [0.1, 0.15) is 5.56 Å². The molecule has 0 bridgehead atoms. The number of ether oxygens (including phenoxy) is 1. The molecular weight excluding hydrogens is 345 g/mol. The number of rotatable bonds is 4. The third kappa shape index (κ3) is 3.56. The zero-order chi connectivity index (χ0) is 18.0. The summed E-state index contributed by atoms with van der Waals surface area (Å²) in [7, 11) is 0. The number of fused-ring (bicyclic) bond motifs is 1. The van der Waals surface area contributed by atoms with Crippen molar-refractivity contribution in [1.29, 1.82) is 0 Å². The Morgan fingerprint density at radius 1 is 1.32 bits per heavy atom. The van der Waals surface area contributed by atoms with Crippen molar-refractivity contribution in [2.24, 2.45) is 5.84 Å². The van der Waals surface area contributed by atoms with Crippen molar-refractivity contribution in [2.45, 2.75) is 6.18 Å². The van der Waals surface area contributed by atoms with E-state index in [-0.39, 0.29) is 18.4 Å². The molecule has 0 unspecified atom stereocenters. The Kier molecular flexibility index (Phi) is 4.59. The van der Waals surface area contributed by atoms with Crippen LogP contribution in [0.3, 0.4) is 0 Å². The lowest BCUT2D eigenvalue weighted by molar-refractivity contribution is -0.136. The minimum atomic E-state index is -4.62. The Hall–Kier alpha value is -2.67. The lowest BCUT2D eigenvalue weighted by Gasteiger charge is -2.27. The third-order valence-electron chi connectivity index (χ3n) is 3.52. The number of carbonyl (C=O) groups excluding carboxylic acids is 1. The Morgan fingerprint density at radius 3 is 2.68 bits per heavy atom. The lowest BCUT2D eigenvalue weighted by Crippen LogP contribution is -2.38. The zero-order valence-electron chi connectivity index (χ0n) is 12.9. The number of anilines is 2. The number of morpholine rings is 1. The number of carbonyl (C=O) groups is 1. The maximum Gasteiger partial charge on any atom is 0.421 e. The lowest BCUT2D eigenvalue weighted by atomic mass is 10.3. The van der Waals surface area contributed by atoms with Crippen molar-refractivity contribution in [3.05, 3.63) is 11.8 Å². The van der Waals surface area contributed by atoms with Crippen LogP contribution in [0.5, 0.6) is 0 Å². The first kappa shape index (κ1) is 17.2. The van der Waals surface area contributed by atoms with Gasteiger partial charge >= 0.3 is 6.18 Å². The molecular formula is C12H15F3N8O2. The van der Waals surface area contributed by atoms with E-state index in [1.54, 1.807) is 4.90 Å². The third-order valence-corrected chi connectivity index (χ3v) is 3.52. The SMILES string of the molecule is NNC(=O)CNc1nc(N2CCOCC2)nc2c(C(F)(F)F)cnn12. The second-order valence-electron chi connectivity index (χ2n) is 5.16. The van der Waals surface area contributed by atoms with Crippen LogP contribution in [0.2, 0.25) is 0 Å². The molecule has 2 aromatic rings.